The van der Waals surface area contributed by atoms with E-state index in [0.717, 1.165) is 67.0 Å². The van der Waals surface area contributed by atoms with Crippen molar-refractivity contribution in [3.63, 3.8) is 0 Å². The van der Waals surface area contributed by atoms with Gasteiger partial charge in [-0.25, -0.2) is 0 Å². The van der Waals surface area contributed by atoms with Crippen molar-refractivity contribution in [2.45, 2.75) is 46.2 Å². The molecule has 2 amide bonds. The standard InChI is InChI=1S/C30H35N5O2/c1-19(20-5-7-21(8-6-20)28(36)34-13-11-33(4)12-14-34)35-18-23-15-22(9-10-24(23)29(35)37)27-25-16-30(2,3)17-26(25)31-32-27/h5-10,15,19H,11-14,16-18H2,1-4H3,(H,31,32)/t19-/m1/s1. The molecule has 0 radical (unpaired) electrons. The molecule has 2 aliphatic heterocycles. The van der Waals surface area contributed by atoms with E-state index in [-0.39, 0.29) is 23.3 Å². The number of benzene rings is 2. The molecule has 1 aliphatic carbocycles. The summed E-state index contributed by atoms with van der Waals surface area (Å²) in [6, 6.07) is 13.8. The second-order valence-electron chi connectivity index (χ2n) is 11.7. The van der Waals surface area contributed by atoms with E-state index < -0.39 is 0 Å². The van der Waals surface area contributed by atoms with Gasteiger partial charge in [-0.15, -0.1) is 0 Å². The summed E-state index contributed by atoms with van der Waals surface area (Å²) in [6.07, 6.45) is 2.03. The Labute approximate surface area is 218 Å². The number of hydrogen-bond acceptors (Lipinski definition) is 4. The minimum Gasteiger partial charge on any atom is -0.336 e. The fourth-order valence-electron chi connectivity index (χ4n) is 6.08. The molecule has 3 aromatic rings. The van der Waals surface area contributed by atoms with Crippen LogP contribution in [-0.2, 0) is 19.4 Å². The monoisotopic (exact) mass is 497 g/mol. The molecule has 0 saturated carbocycles. The van der Waals surface area contributed by atoms with Crippen molar-refractivity contribution in [2.75, 3.05) is 33.2 Å². The molecule has 2 aromatic carbocycles. The molecule has 7 heteroatoms. The normalized spacial score (nSPS) is 19.7. The van der Waals surface area contributed by atoms with Crippen LogP contribution in [0.25, 0.3) is 11.3 Å². The smallest absolute Gasteiger partial charge is 0.255 e. The number of nitrogens with one attached hydrogen (secondary N) is 1. The second-order valence-corrected chi connectivity index (χ2v) is 11.7. The third kappa shape index (κ3) is 4.25. The zero-order valence-corrected chi connectivity index (χ0v) is 22.2. The first-order chi connectivity index (χ1) is 17.7. The predicted octanol–water partition coefficient (Wildman–Crippen LogP) is 4.31. The Kier molecular flexibility index (Phi) is 5.71. The quantitative estimate of drug-likeness (QED) is 0.583. The number of amides is 2. The largest absolute Gasteiger partial charge is 0.336 e. The Balaban J connectivity index is 1.18. The van der Waals surface area contributed by atoms with Crippen LogP contribution in [0.1, 0.15) is 69.9 Å². The molecule has 0 bridgehead atoms. The summed E-state index contributed by atoms with van der Waals surface area (Å²) >= 11 is 0. The Morgan fingerprint density at radius 3 is 2.49 bits per heavy atom. The zero-order chi connectivity index (χ0) is 25.9. The molecule has 3 heterocycles. The molecule has 1 atom stereocenters. The molecular weight excluding hydrogens is 462 g/mol. The SMILES string of the molecule is C[C@H](c1ccc(C(=O)N2CCN(C)CC2)cc1)N1Cc2cc(-c3n[nH]c4c3CC(C)(C)C4)ccc2C1=O. The summed E-state index contributed by atoms with van der Waals surface area (Å²) in [6.45, 7) is 10.5. The lowest BCUT2D eigenvalue weighted by Gasteiger charge is -2.32. The van der Waals surface area contributed by atoms with E-state index in [1.165, 1.54) is 11.3 Å². The Hall–Kier alpha value is -3.45. The molecule has 1 fully saturated rings. The van der Waals surface area contributed by atoms with E-state index in [4.69, 9.17) is 0 Å². The molecular formula is C30H35N5O2. The van der Waals surface area contributed by atoms with Gasteiger partial charge in [-0.1, -0.05) is 32.0 Å². The minimum absolute atomic E-state index is 0.0556. The third-order valence-electron chi connectivity index (χ3n) is 8.37. The van der Waals surface area contributed by atoms with Crippen molar-refractivity contribution in [3.05, 3.63) is 76.0 Å². The van der Waals surface area contributed by atoms with Crippen molar-refractivity contribution in [3.8, 4) is 11.3 Å². The maximum absolute atomic E-state index is 13.3. The van der Waals surface area contributed by atoms with Gasteiger partial charge in [0.2, 0.25) is 0 Å². The zero-order valence-electron chi connectivity index (χ0n) is 22.2. The molecule has 1 N–H and O–H groups in total. The van der Waals surface area contributed by atoms with Crippen LogP contribution in [-0.4, -0.2) is 69.9 Å². The van der Waals surface area contributed by atoms with Crippen LogP contribution in [0.5, 0.6) is 0 Å². The molecule has 1 saturated heterocycles. The Morgan fingerprint density at radius 2 is 1.76 bits per heavy atom. The highest BCUT2D eigenvalue weighted by atomic mass is 16.2. The van der Waals surface area contributed by atoms with Crippen LogP contribution in [0.4, 0.5) is 0 Å². The van der Waals surface area contributed by atoms with Gasteiger partial charge in [0.25, 0.3) is 11.8 Å². The minimum atomic E-state index is -0.0911. The van der Waals surface area contributed by atoms with Crippen LogP contribution in [0.3, 0.4) is 0 Å². The van der Waals surface area contributed by atoms with Crippen LogP contribution in [0.2, 0.25) is 0 Å². The second kappa shape index (κ2) is 8.84. The molecule has 192 valence electrons. The van der Waals surface area contributed by atoms with Crippen LogP contribution in [0.15, 0.2) is 42.5 Å². The van der Waals surface area contributed by atoms with Crippen LogP contribution < -0.4 is 0 Å². The number of rotatable bonds is 4. The molecule has 3 aliphatic rings. The molecule has 6 rings (SSSR count). The van der Waals surface area contributed by atoms with E-state index in [0.29, 0.717) is 12.1 Å². The van der Waals surface area contributed by atoms with E-state index in [1.807, 2.05) is 46.2 Å². The number of fused-ring (bicyclic) bond motifs is 2. The van der Waals surface area contributed by atoms with Crippen molar-refractivity contribution in [1.82, 2.24) is 24.9 Å². The van der Waals surface area contributed by atoms with Crippen molar-refractivity contribution in [2.24, 2.45) is 5.41 Å². The van der Waals surface area contributed by atoms with Gasteiger partial charge in [-0.2, -0.15) is 5.10 Å². The third-order valence-corrected chi connectivity index (χ3v) is 8.37. The van der Waals surface area contributed by atoms with Gasteiger partial charge >= 0.3 is 0 Å². The number of aromatic nitrogens is 2. The number of hydrogen-bond donors (Lipinski definition) is 1. The molecule has 7 nitrogen and oxygen atoms in total. The lowest BCUT2D eigenvalue weighted by Crippen LogP contribution is -2.47. The lowest BCUT2D eigenvalue weighted by molar-refractivity contribution is 0.0662. The van der Waals surface area contributed by atoms with E-state index in [2.05, 4.69) is 49.0 Å². The summed E-state index contributed by atoms with van der Waals surface area (Å²) in [7, 11) is 2.08. The average molecular weight is 498 g/mol. The first-order valence-electron chi connectivity index (χ1n) is 13.3. The first-order valence-corrected chi connectivity index (χ1v) is 13.3. The van der Waals surface area contributed by atoms with Crippen molar-refractivity contribution >= 4 is 11.8 Å². The maximum atomic E-state index is 13.3. The average Bonchev–Trinajstić information content (AvgIpc) is 3.52. The highest BCUT2D eigenvalue weighted by Crippen LogP contribution is 2.41. The summed E-state index contributed by atoms with van der Waals surface area (Å²) in [4.78, 5) is 32.3. The predicted molar refractivity (Wildman–Crippen MR) is 143 cm³/mol. The summed E-state index contributed by atoms with van der Waals surface area (Å²) < 4.78 is 0. The van der Waals surface area contributed by atoms with Crippen LogP contribution in [0, 0.1) is 5.41 Å². The Morgan fingerprint density at radius 1 is 1.03 bits per heavy atom. The topological polar surface area (TPSA) is 72.5 Å². The number of nitrogens with zero attached hydrogens (tertiary/aromatic N) is 4. The molecule has 1 aromatic heterocycles. The number of carbonyl (C=O) groups excluding carboxylic acids is 2. The number of likely N-dealkylation sites (N-methyl/N-ethyl adjacent to an activating group) is 1. The fourth-order valence-corrected chi connectivity index (χ4v) is 6.08. The van der Waals surface area contributed by atoms with Gasteiger partial charge in [-0.05, 0) is 67.6 Å². The van der Waals surface area contributed by atoms with Gasteiger partial charge in [0.15, 0.2) is 0 Å². The van der Waals surface area contributed by atoms with E-state index in [1.54, 1.807) is 0 Å². The van der Waals surface area contributed by atoms with E-state index in [9.17, 15) is 9.59 Å². The fraction of sp³-hybridized carbons (Fsp3) is 0.433. The van der Waals surface area contributed by atoms with Gasteiger partial charge in [0.05, 0.1) is 11.7 Å². The Bertz CT molecular complexity index is 1370. The van der Waals surface area contributed by atoms with Gasteiger partial charge < -0.3 is 14.7 Å². The van der Waals surface area contributed by atoms with Crippen molar-refractivity contribution < 1.29 is 9.59 Å². The first kappa shape index (κ1) is 23.9. The molecule has 37 heavy (non-hydrogen) atoms. The van der Waals surface area contributed by atoms with Gasteiger partial charge in [-0.3, -0.25) is 14.7 Å². The summed E-state index contributed by atoms with van der Waals surface area (Å²) in [5, 5.41) is 7.87. The molecule has 0 unspecified atom stereocenters. The van der Waals surface area contributed by atoms with E-state index >= 15 is 0 Å². The molecule has 0 spiro atoms. The highest BCUT2D eigenvalue weighted by molar-refractivity contribution is 5.99. The van der Waals surface area contributed by atoms with Crippen LogP contribution >= 0.6 is 0 Å². The maximum Gasteiger partial charge on any atom is 0.255 e. The number of carbonyl (C=O) groups is 2. The number of H-pyrrole nitrogens is 1. The number of piperazine rings is 1. The van der Waals surface area contributed by atoms with Crippen molar-refractivity contribution in [1.29, 1.82) is 0 Å². The lowest BCUT2D eigenvalue weighted by atomic mass is 9.90. The van der Waals surface area contributed by atoms with Gasteiger partial charge in [0.1, 0.15) is 0 Å². The summed E-state index contributed by atoms with van der Waals surface area (Å²) in [5.41, 5.74) is 8.44. The highest BCUT2D eigenvalue weighted by Gasteiger charge is 2.35. The number of aromatic amines is 1. The summed E-state index contributed by atoms with van der Waals surface area (Å²) in [5.74, 6) is 0.137. The van der Waals surface area contributed by atoms with Gasteiger partial charge in [0, 0.05) is 60.7 Å².